The smallest absolute Gasteiger partial charge is 0.227 e. The maximum absolute atomic E-state index is 5.75. The van der Waals surface area contributed by atoms with Gasteiger partial charge in [-0.15, -0.1) is 0 Å². The molecule has 0 radical (unpaired) electrons. The van der Waals surface area contributed by atoms with E-state index in [4.69, 9.17) is 5.73 Å². The number of para-hydroxylation sites is 1. The Morgan fingerprint density at radius 3 is 2.79 bits per heavy atom. The number of hydrogen-bond donors (Lipinski definition) is 2. The highest BCUT2D eigenvalue weighted by molar-refractivity contribution is 5.82. The minimum Gasteiger partial charge on any atom is -0.399 e. The third-order valence-corrected chi connectivity index (χ3v) is 2.96. The number of anilines is 3. The SMILES string of the molecule is Cc1cccc2cnc(Nc3cccc(N)c3)nc12. The van der Waals surface area contributed by atoms with Crippen molar-refractivity contribution in [2.75, 3.05) is 11.1 Å². The van der Waals surface area contributed by atoms with Crippen molar-refractivity contribution in [1.29, 1.82) is 0 Å². The standard InChI is InChI=1S/C15H14N4/c1-10-4-2-5-11-9-17-15(19-14(10)11)18-13-7-3-6-12(16)8-13/h2-9H,16H2,1H3,(H,17,18,19). The summed E-state index contributed by atoms with van der Waals surface area (Å²) in [5.41, 5.74) is 9.44. The molecule has 4 nitrogen and oxygen atoms in total. The van der Waals surface area contributed by atoms with Crippen LogP contribution in [0.2, 0.25) is 0 Å². The van der Waals surface area contributed by atoms with Crippen LogP contribution in [0, 0.1) is 6.92 Å². The Labute approximate surface area is 111 Å². The second-order valence-corrected chi connectivity index (χ2v) is 4.46. The molecule has 3 N–H and O–H groups in total. The first-order chi connectivity index (χ1) is 9.22. The average Bonchev–Trinajstić information content (AvgIpc) is 2.40. The van der Waals surface area contributed by atoms with E-state index in [1.807, 2.05) is 55.6 Å². The lowest BCUT2D eigenvalue weighted by atomic mass is 10.1. The minimum absolute atomic E-state index is 0.576. The summed E-state index contributed by atoms with van der Waals surface area (Å²) >= 11 is 0. The molecule has 4 heteroatoms. The van der Waals surface area contributed by atoms with Gasteiger partial charge in [0, 0.05) is 23.0 Å². The zero-order valence-corrected chi connectivity index (χ0v) is 10.6. The van der Waals surface area contributed by atoms with Crippen LogP contribution in [0.1, 0.15) is 5.56 Å². The Bertz CT molecular complexity index is 737. The maximum Gasteiger partial charge on any atom is 0.227 e. The zero-order chi connectivity index (χ0) is 13.2. The number of rotatable bonds is 2. The highest BCUT2D eigenvalue weighted by atomic mass is 15.1. The van der Waals surface area contributed by atoms with E-state index in [0.717, 1.165) is 22.2 Å². The van der Waals surface area contributed by atoms with Crippen molar-refractivity contribution >= 4 is 28.2 Å². The van der Waals surface area contributed by atoms with Gasteiger partial charge in [0.05, 0.1) is 5.52 Å². The van der Waals surface area contributed by atoms with Crippen LogP contribution in [0.4, 0.5) is 17.3 Å². The number of nitrogens with two attached hydrogens (primary N) is 1. The monoisotopic (exact) mass is 250 g/mol. The van der Waals surface area contributed by atoms with Crippen LogP contribution < -0.4 is 11.1 Å². The van der Waals surface area contributed by atoms with Crippen LogP contribution >= 0.6 is 0 Å². The van der Waals surface area contributed by atoms with Crippen molar-refractivity contribution in [3.05, 3.63) is 54.2 Å². The van der Waals surface area contributed by atoms with Crippen LogP contribution in [0.5, 0.6) is 0 Å². The largest absolute Gasteiger partial charge is 0.399 e. The molecule has 2 aromatic carbocycles. The number of aryl methyl sites for hydroxylation is 1. The predicted octanol–water partition coefficient (Wildman–Crippen LogP) is 3.26. The molecule has 0 saturated heterocycles. The van der Waals surface area contributed by atoms with Gasteiger partial charge in [-0.2, -0.15) is 0 Å². The van der Waals surface area contributed by atoms with Gasteiger partial charge in [0.2, 0.25) is 5.95 Å². The molecule has 0 aliphatic rings. The highest BCUT2D eigenvalue weighted by Gasteiger charge is 2.02. The first-order valence-electron chi connectivity index (χ1n) is 6.07. The number of benzene rings is 2. The summed E-state index contributed by atoms with van der Waals surface area (Å²) < 4.78 is 0. The van der Waals surface area contributed by atoms with Gasteiger partial charge in [0.15, 0.2) is 0 Å². The fourth-order valence-corrected chi connectivity index (χ4v) is 2.01. The quantitative estimate of drug-likeness (QED) is 0.685. The molecule has 1 aromatic heterocycles. The second kappa shape index (κ2) is 4.57. The second-order valence-electron chi connectivity index (χ2n) is 4.46. The van der Waals surface area contributed by atoms with E-state index in [0.29, 0.717) is 11.6 Å². The Morgan fingerprint density at radius 2 is 1.95 bits per heavy atom. The summed E-state index contributed by atoms with van der Waals surface area (Å²) in [5, 5.41) is 4.20. The predicted molar refractivity (Wildman–Crippen MR) is 78.4 cm³/mol. The van der Waals surface area contributed by atoms with E-state index in [2.05, 4.69) is 15.3 Å². The first kappa shape index (κ1) is 11.5. The Kier molecular flexibility index (Phi) is 2.76. The Balaban J connectivity index is 2.00. The summed E-state index contributed by atoms with van der Waals surface area (Å²) in [6, 6.07) is 13.6. The van der Waals surface area contributed by atoms with E-state index >= 15 is 0 Å². The lowest BCUT2D eigenvalue weighted by molar-refractivity contribution is 1.20. The average molecular weight is 250 g/mol. The van der Waals surface area contributed by atoms with Crippen LogP contribution in [-0.4, -0.2) is 9.97 Å². The fourth-order valence-electron chi connectivity index (χ4n) is 2.01. The van der Waals surface area contributed by atoms with E-state index in [9.17, 15) is 0 Å². The normalized spacial score (nSPS) is 10.6. The number of aromatic nitrogens is 2. The number of fused-ring (bicyclic) bond motifs is 1. The van der Waals surface area contributed by atoms with Crippen LogP contribution in [-0.2, 0) is 0 Å². The van der Waals surface area contributed by atoms with Gasteiger partial charge in [-0.25, -0.2) is 9.97 Å². The van der Waals surface area contributed by atoms with E-state index in [1.165, 1.54) is 0 Å². The van der Waals surface area contributed by atoms with E-state index in [-0.39, 0.29) is 0 Å². The summed E-state index contributed by atoms with van der Waals surface area (Å²) in [6.07, 6.45) is 1.82. The number of hydrogen-bond acceptors (Lipinski definition) is 4. The molecule has 0 amide bonds. The van der Waals surface area contributed by atoms with Crippen LogP contribution in [0.15, 0.2) is 48.7 Å². The molecule has 19 heavy (non-hydrogen) atoms. The highest BCUT2D eigenvalue weighted by Crippen LogP contribution is 2.19. The van der Waals surface area contributed by atoms with Gasteiger partial charge in [-0.05, 0) is 30.7 Å². The molecule has 0 atom stereocenters. The fraction of sp³-hybridized carbons (Fsp3) is 0.0667. The molecule has 0 unspecified atom stereocenters. The molecular weight excluding hydrogens is 236 g/mol. The lowest BCUT2D eigenvalue weighted by Crippen LogP contribution is -1.98. The van der Waals surface area contributed by atoms with Crippen molar-refractivity contribution in [3.8, 4) is 0 Å². The van der Waals surface area contributed by atoms with Crippen molar-refractivity contribution in [1.82, 2.24) is 9.97 Å². The van der Waals surface area contributed by atoms with Crippen molar-refractivity contribution < 1.29 is 0 Å². The van der Waals surface area contributed by atoms with Gasteiger partial charge in [0.1, 0.15) is 0 Å². The molecule has 0 spiro atoms. The van der Waals surface area contributed by atoms with Gasteiger partial charge in [-0.3, -0.25) is 0 Å². The molecule has 0 aliphatic carbocycles. The molecule has 0 bridgehead atoms. The molecule has 0 aliphatic heterocycles. The molecule has 3 rings (SSSR count). The van der Waals surface area contributed by atoms with Crippen LogP contribution in [0.3, 0.4) is 0 Å². The lowest BCUT2D eigenvalue weighted by Gasteiger charge is -2.07. The molecular formula is C15H14N4. The van der Waals surface area contributed by atoms with Gasteiger partial charge in [0.25, 0.3) is 0 Å². The first-order valence-corrected chi connectivity index (χ1v) is 6.07. The molecule has 1 heterocycles. The Hall–Kier alpha value is -2.62. The van der Waals surface area contributed by atoms with Crippen molar-refractivity contribution in [3.63, 3.8) is 0 Å². The van der Waals surface area contributed by atoms with Gasteiger partial charge in [-0.1, -0.05) is 24.3 Å². The molecule has 0 fully saturated rings. The van der Waals surface area contributed by atoms with E-state index < -0.39 is 0 Å². The third-order valence-electron chi connectivity index (χ3n) is 2.96. The van der Waals surface area contributed by atoms with Crippen molar-refractivity contribution in [2.45, 2.75) is 6.92 Å². The topological polar surface area (TPSA) is 63.8 Å². The third kappa shape index (κ3) is 2.33. The van der Waals surface area contributed by atoms with E-state index in [1.54, 1.807) is 0 Å². The zero-order valence-electron chi connectivity index (χ0n) is 10.6. The molecule has 3 aromatic rings. The maximum atomic E-state index is 5.75. The van der Waals surface area contributed by atoms with Gasteiger partial charge >= 0.3 is 0 Å². The van der Waals surface area contributed by atoms with Crippen LogP contribution in [0.25, 0.3) is 10.9 Å². The number of nitrogens with one attached hydrogen (secondary N) is 1. The molecule has 94 valence electrons. The number of nitrogen functional groups attached to an aromatic ring is 1. The summed E-state index contributed by atoms with van der Waals surface area (Å²) in [4.78, 5) is 8.85. The van der Waals surface area contributed by atoms with Crippen molar-refractivity contribution in [2.24, 2.45) is 0 Å². The summed E-state index contributed by atoms with van der Waals surface area (Å²) in [6.45, 7) is 2.04. The molecule has 0 saturated carbocycles. The minimum atomic E-state index is 0.576. The summed E-state index contributed by atoms with van der Waals surface area (Å²) in [5.74, 6) is 0.576. The Morgan fingerprint density at radius 1 is 1.11 bits per heavy atom. The van der Waals surface area contributed by atoms with Gasteiger partial charge < -0.3 is 11.1 Å². The summed E-state index contributed by atoms with van der Waals surface area (Å²) in [7, 11) is 0. The number of nitrogens with zero attached hydrogens (tertiary/aromatic N) is 2.